The molecule has 0 saturated heterocycles. The number of fused-ring (bicyclic) bond motifs is 1. The van der Waals surface area contributed by atoms with Crippen molar-refractivity contribution in [3.05, 3.63) is 47.5 Å². The van der Waals surface area contributed by atoms with E-state index < -0.39 is 0 Å². The van der Waals surface area contributed by atoms with Crippen LogP contribution in [0.15, 0.2) is 52.1 Å². The van der Waals surface area contributed by atoms with Crippen LogP contribution in [-0.2, 0) is 4.79 Å². The number of thiophene rings is 1. The second-order valence-corrected chi connectivity index (χ2v) is 8.38. The minimum Gasteiger partial charge on any atom is -0.493 e. The maximum absolute atomic E-state index is 12.3. The predicted molar refractivity (Wildman–Crippen MR) is 119 cm³/mol. The summed E-state index contributed by atoms with van der Waals surface area (Å²) in [6.45, 7) is 0. The number of aromatic nitrogens is 2. The van der Waals surface area contributed by atoms with Crippen LogP contribution in [0, 0.1) is 0 Å². The Labute approximate surface area is 185 Å². The molecule has 10 heteroatoms. The molecule has 0 fully saturated rings. The van der Waals surface area contributed by atoms with E-state index in [0.717, 1.165) is 21.8 Å². The van der Waals surface area contributed by atoms with Gasteiger partial charge in [0.05, 0.1) is 25.0 Å². The number of carbonyl (C=O) groups is 1. The summed E-state index contributed by atoms with van der Waals surface area (Å²) in [6.07, 6.45) is 0. The fraction of sp³-hybridized carbons (Fsp3) is 0.150. The first-order valence-corrected chi connectivity index (χ1v) is 10.9. The molecule has 4 rings (SSSR count). The van der Waals surface area contributed by atoms with Gasteiger partial charge in [-0.05, 0) is 18.2 Å². The van der Waals surface area contributed by atoms with Gasteiger partial charge in [0.25, 0.3) is 11.1 Å². The van der Waals surface area contributed by atoms with Gasteiger partial charge in [-0.3, -0.25) is 4.79 Å². The van der Waals surface area contributed by atoms with Gasteiger partial charge in [0, 0.05) is 21.8 Å². The number of benzene rings is 2. The summed E-state index contributed by atoms with van der Waals surface area (Å²) in [5, 5.41) is 12.7. The van der Waals surface area contributed by atoms with Gasteiger partial charge in [-0.1, -0.05) is 41.6 Å². The van der Waals surface area contributed by atoms with Gasteiger partial charge in [0.1, 0.15) is 4.88 Å². The predicted octanol–water partition coefficient (Wildman–Crippen LogP) is 5.35. The second kappa shape index (κ2) is 8.95. The Balaban J connectivity index is 1.40. The molecule has 154 valence electrons. The van der Waals surface area contributed by atoms with E-state index in [-0.39, 0.29) is 11.7 Å². The minimum atomic E-state index is -0.216. The highest BCUT2D eigenvalue weighted by atomic mass is 35.5. The number of carbonyl (C=O) groups excluding carboxylic acids is 1. The van der Waals surface area contributed by atoms with Crippen molar-refractivity contribution < 1.29 is 18.7 Å². The van der Waals surface area contributed by atoms with Gasteiger partial charge in [-0.15, -0.1) is 21.5 Å². The molecule has 0 aliphatic carbocycles. The van der Waals surface area contributed by atoms with Gasteiger partial charge in [-0.25, -0.2) is 0 Å². The molecule has 2 aromatic heterocycles. The Bertz CT molecular complexity index is 1210. The molecule has 0 atom stereocenters. The number of amides is 1. The molecule has 0 bridgehead atoms. The number of rotatable bonds is 7. The standard InChI is InChI=1S/C20H16ClN3O4S2/c1-26-13-8-7-11(9-14(13)27-2)22-16(25)10-29-20-24-23-19(28-20)18-17(21)12-5-3-4-6-15(12)30-18/h3-9H,10H2,1-2H3,(H,22,25). The molecule has 0 radical (unpaired) electrons. The van der Waals surface area contributed by atoms with Crippen LogP contribution in [0.1, 0.15) is 0 Å². The van der Waals surface area contributed by atoms with Crippen LogP contribution in [0.2, 0.25) is 5.02 Å². The van der Waals surface area contributed by atoms with Gasteiger partial charge < -0.3 is 19.2 Å². The lowest BCUT2D eigenvalue weighted by Gasteiger charge is -2.10. The van der Waals surface area contributed by atoms with E-state index in [1.807, 2.05) is 24.3 Å². The summed E-state index contributed by atoms with van der Waals surface area (Å²) in [4.78, 5) is 13.0. The van der Waals surface area contributed by atoms with Crippen LogP contribution in [0.5, 0.6) is 11.5 Å². The topological polar surface area (TPSA) is 86.5 Å². The Morgan fingerprint density at radius 2 is 1.97 bits per heavy atom. The zero-order valence-electron chi connectivity index (χ0n) is 16.0. The number of hydrogen-bond acceptors (Lipinski definition) is 8. The van der Waals surface area contributed by atoms with Crippen molar-refractivity contribution in [3.8, 4) is 22.3 Å². The van der Waals surface area contributed by atoms with Crippen LogP contribution >= 0.6 is 34.7 Å². The summed E-state index contributed by atoms with van der Waals surface area (Å²) < 4.78 is 17.2. The molecule has 7 nitrogen and oxygen atoms in total. The number of nitrogens with zero attached hydrogens (tertiary/aromatic N) is 2. The lowest BCUT2D eigenvalue weighted by atomic mass is 10.2. The van der Waals surface area contributed by atoms with Crippen LogP contribution in [0.3, 0.4) is 0 Å². The lowest BCUT2D eigenvalue weighted by molar-refractivity contribution is -0.113. The first kappa shape index (κ1) is 20.5. The lowest BCUT2D eigenvalue weighted by Crippen LogP contribution is -2.14. The molecule has 1 N–H and O–H groups in total. The van der Waals surface area contributed by atoms with E-state index in [4.69, 9.17) is 25.5 Å². The first-order chi connectivity index (χ1) is 14.6. The smallest absolute Gasteiger partial charge is 0.277 e. The van der Waals surface area contributed by atoms with Crippen LogP contribution < -0.4 is 14.8 Å². The maximum Gasteiger partial charge on any atom is 0.277 e. The Morgan fingerprint density at radius 3 is 2.73 bits per heavy atom. The van der Waals surface area contributed by atoms with E-state index in [1.165, 1.54) is 18.4 Å². The molecular formula is C20H16ClN3O4S2. The summed E-state index contributed by atoms with van der Waals surface area (Å²) >= 11 is 9.09. The quantitative estimate of drug-likeness (QED) is 0.371. The van der Waals surface area contributed by atoms with Gasteiger partial charge in [-0.2, -0.15) is 0 Å². The van der Waals surface area contributed by atoms with Gasteiger partial charge in [0.15, 0.2) is 11.5 Å². The van der Waals surface area contributed by atoms with Gasteiger partial charge in [0.2, 0.25) is 5.91 Å². The van der Waals surface area contributed by atoms with E-state index in [1.54, 1.807) is 25.3 Å². The van der Waals surface area contributed by atoms with Crippen molar-refractivity contribution in [2.24, 2.45) is 0 Å². The highest BCUT2D eigenvalue weighted by Gasteiger charge is 2.18. The summed E-state index contributed by atoms with van der Waals surface area (Å²) in [5.74, 6) is 1.35. The zero-order chi connectivity index (χ0) is 21.1. The number of methoxy groups -OCH3 is 2. The van der Waals surface area contributed by atoms with Crippen LogP contribution in [-0.4, -0.2) is 36.1 Å². The minimum absolute atomic E-state index is 0.107. The van der Waals surface area contributed by atoms with Gasteiger partial charge >= 0.3 is 0 Å². The monoisotopic (exact) mass is 461 g/mol. The number of anilines is 1. The average Bonchev–Trinajstić information content (AvgIpc) is 3.37. The van der Waals surface area contributed by atoms with Crippen molar-refractivity contribution in [1.29, 1.82) is 0 Å². The van der Waals surface area contributed by atoms with Crippen molar-refractivity contribution in [2.75, 3.05) is 25.3 Å². The fourth-order valence-electron chi connectivity index (χ4n) is 2.75. The highest BCUT2D eigenvalue weighted by molar-refractivity contribution is 7.99. The van der Waals surface area contributed by atoms with Crippen LogP contribution in [0.25, 0.3) is 20.9 Å². The molecule has 1 amide bonds. The van der Waals surface area contributed by atoms with E-state index in [9.17, 15) is 4.79 Å². The Morgan fingerprint density at radius 1 is 1.17 bits per heavy atom. The number of halogens is 1. The fourth-order valence-corrected chi connectivity index (χ4v) is 4.75. The molecule has 0 aliphatic heterocycles. The third kappa shape index (κ3) is 4.23. The molecule has 2 heterocycles. The van der Waals surface area contributed by atoms with Crippen molar-refractivity contribution in [3.63, 3.8) is 0 Å². The summed E-state index contributed by atoms with van der Waals surface area (Å²) in [5.41, 5.74) is 0.599. The summed E-state index contributed by atoms with van der Waals surface area (Å²) in [6, 6.07) is 13.0. The number of ether oxygens (including phenoxy) is 2. The summed E-state index contributed by atoms with van der Waals surface area (Å²) in [7, 11) is 3.09. The maximum atomic E-state index is 12.3. The second-order valence-electron chi connectivity index (χ2n) is 6.02. The number of hydrogen-bond donors (Lipinski definition) is 1. The average molecular weight is 462 g/mol. The Hall–Kier alpha value is -2.75. The van der Waals surface area contributed by atoms with Crippen molar-refractivity contribution >= 4 is 56.4 Å². The number of thioether (sulfide) groups is 1. The number of nitrogens with one attached hydrogen (secondary N) is 1. The molecule has 0 saturated carbocycles. The molecular weight excluding hydrogens is 446 g/mol. The molecule has 2 aromatic carbocycles. The molecule has 4 aromatic rings. The molecule has 0 spiro atoms. The molecule has 0 unspecified atom stereocenters. The van der Waals surface area contributed by atoms with Crippen molar-refractivity contribution in [2.45, 2.75) is 5.22 Å². The van der Waals surface area contributed by atoms with E-state index >= 15 is 0 Å². The SMILES string of the molecule is COc1ccc(NC(=O)CSc2nnc(-c3sc4ccccc4c3Cl)o2)cc1OC. The normalized spacial score (nSPS) is 10.9. The highest BCUT2D eigenvalue weighted by Crippen LogP contribution is 2.41. The molecule has 30 heavy (non-hydrogen) atoms. The van der Waals surface area contributed by atoms with E-state index in [0.29, 0.717) is 38.2 Å². The van der Waals surface area contributed by atoms with Crippen molar-refractivity contribution in [1.82, 2.24) is 10.2 Å². The Kier molecular flexibility index (Phi) is 6.12. The third-order valence-corrected chi connectivity index (χ3v) is 6.61. The third-order valence-electron chi connectivity index (χ3n) is 4.13. The molecule has 0 aliphatic rings. The largest absolute Gasteiger partial charge is 0.493 e. The zero-order valence-corrected chi connectivity index (χ0v) is 18.4. The van der Waals surface area contributed by atoms with Crippen LogP contribution in [0.4, 0.5) is 5.69 Å². The van der Waals surface area contributed by atoms with E-state index in [2.05, 4.69) is 15.5 Å². The first-order valence-electron chi connectivity index (χ1n) is 8.74.